The van der Waals surface area contributed by atoms with E-state index in [1.165, 1.54) is 19.3 Å². The van der Waals surface area contributed by atoms with Crippen molar-refractivity contribution in [3.8, 4) is 0 Å². The minimum Gasteiger partial charge on any atom is -0.324 e. The van der Waals surface area contributed by atoms with E-state index in [4.69, 9.17) is 5.73 Å². The van der Waals surface area contributed by atoms with E-state index in [-0.39, 0.29) is 5.69 Å². The fraction of sp³-hybridized carbons (Fsp3) is 0.778. The monoisotopic (exact) mass is 196 g/mol. The van der Waals surface area contributed by atoms with Gasteiger partial charge in [-0.3, -0.25) is 4.57 Å². The molecule has 0 amide bonds. The Labute approximate surface area is 82.3 Å². The number of nitrogens with two attached hydrogens (primary N) is 1. The number of hydrogen-bond donors (Lipinski definition) is 2. The minimum atomic E-state index is -0.114. The first kappa shape index (κ1) is 9.45. The van der Waals surface area contributed by atoms with Gasteiger partial charge < -0.3 is 5.73 Å². The molecule has 1 aromatic heterocycles. The number of hydrogen-bond acceptors (Lipinski definition) is 3. The molecule has 0 bridgehead atoms. The third-order valence-electron chi connectivity index (χ3n) is 2.90. The first-order valence-corrected chi connectivity index (χ1v) is 5.19. The van der Waals surface area contributed by atoms with Gasteiger partial charge in [0.05, 0.1) is 6.54 Å². The molecule has 1 aliphatic carbocycles. The molecule has 0 saturated heterocycles. The van der Waals surface area contributed by atoms with Gasteiger partial charge in [-0.05, 0) is 12.8 Å². The van der Waals surface area contributed by atoms with E-state index in [0.717, 1.165) is 12.8 Å². The summed E-state index contributed by atoms with van der Waals surface area (Å²) in [6.45, 7) is 0.329. The van der Waals surface area contributed by atoms with E-state index in [1.807, 2.05) is 0 Å². The molecule has 0 atom stereocenters. The van der Waals surface area contributed by atoms with Gasteiger partial charge in [0.1, 0.15) is 5.82 Å². The Hall–Kier alpha value is -1.10. The molecule has 78 valence electrons. The van der Waals surface area contributed by atoms with Crippen LogP contribution in [0.1, 0.15) is 44.0 Å². The van der Waals surface area contributed by atoms with Crippen LogP contribution < -0.4 is 11.4 Å². The number of aromatic amines is 1. The summed E-state index contributed by atoms with van der Waals surface area (Å²) in [5, 5.41) is 6.37. The van der Waals surface area contributed by atoms with Gasteiger partial charge in [-0.2, -0.15) is 5.10 Å². The lowest BCUT2D eigenvalue weighted by Gasteiger charge is -2.22. The highest BCUT2D eigenvalue weighted by Gasteiger charge is 2.19. The van der Waals surface area contributed by atoms with Crippen LogP contribution in [-0.2, 0) is 6.54 Å². The third kappa shape index (κ3) is 1.59. The van der Waals surface area contributed by atoms with E-state index in [0.29, 0.717) is 18.4 Å². The van der Waals surface area contributed by atoms with Crippen molar-refractivity contribution in [2.75, 3.05) is 0 Å². The molecule has 1 fully saturated rings. The van der Waals surface area contributed by atoms with Crippen LogP contribution in [0, 0.1) is 0 Å². The van der Waals surface area contributed by atoms with Crippen LogP contribution in [0.5, 0.6) is 0 Å². The molecule has 0 spiro atoms. The van der Waals surface area contributed by atoms with Crippen LogP contribution in [0.25, 0.3) is 0 Å². The largest absolute Gasteiger partial charge is 0.343 e. The summed E-state index contributed by atoms with van der Waals surface area (Å²) in [6, 6.07) is 0.313. The Balaban J connectivity index is 2.28. The first-order chi connectivity index (χ1) is 6.83. The van der Waals surface area contributed by atoms with Gasteiger partial charge in [-0.1, -0.05) is 19.3 Å². The molecular formula is C9H16N4O. The van der Waals surface area contributed by atoms with E-state index >= 15 is 0 Å². The van der Waals surface area contributed by atoms with Gasteiger partial charge in [0, 0.05) is 6.04 Å². The molecule has 1 saturated carbocycles. The number of nitrogens with zero attached hydrogens (tertiary/aromatic N) is 2. The van der Waals surface area contributed by atoms with Crippen LogP contribution in [0.3, 0.4) is 0 Å². The SMILES string of the molecule is NCc1n[nH]c(=O)n1C1CCCCC1. The molecule has 1 aliphatic rings. The second-order valence-electron chi connectivity index (χ2n) is 3.81. The fourth-order valence-corrected chi connectivity index (χ4v) is 2.20. The molecule has 1 heterocycles. The summed E-state index contributed by atoms with van der Waals surface area (Å²) >= 11 is 0. The van der Waals surface area contributed by atoms with Gasteiger partial charge in [-0.25, -0.2) is 9.89 Å². The zero-order valence-electron chi connectivity index (χ0n) is 8.20. The highest BCUT2D eigenvalue weighted by atomic mass is 16.1. The van der Waals surface area contributed by atoms with E-state index in [9.17, 15) is 4.79 Å². The van der Waals surface area contributed by atoms with Gasteiger partial charge in [-0.15, -0.1) is 0 Å². The van der Waals surface area contributed by atoms with Gasteiger partial charge >= 0.3 is 5.69 Å². The predicted molar refractivity (Wildman–Crippen MR) is 52.9 cm³/mol. The van der Waals surface area contributed by atoms with Gasteiger partial charge in [0.15, 0.2) is 0 Å². The van der Waals surface area contributed by atoms with Crippen molar-refractivity contribution >= 4 is 0 Å². The number of aromatic nitrogens is 3. The Kier molecular flexibility index (Phi) is 2.67. The van der Waals surface area contributed by atoms with Crippen molar-refractivity contribution in [2.45, 2.75) is 44.7 Å². The highest BCUT2D eigenvalue weighted by Crippen LogP contribution is 2.27. The van der Waals surface area contributed by atoms with Gasteiger partial charge in [0.25, 0.3) is 0 Å². The van der Waals surface area contributed by atoms with Crippen molar-refractivity contribution in [1.29, 1.82) is 0 Å². The second-order valence-corrected chi connectivity index (χ2v) is 3.81. The van der Waals surface area contributed by atoms with Crippen LogP contribution in [0.15, 0.2) is 4.79 Å². The molecule has 5 nitrogen and oxygen atoms in total. The summed E-state index contributed by atoms with van der Waals surface area (Å²) in [7, 11) is 0. The quantitative estimate of drug-likeness (QED) is 0.724. The van der Waals surface area contributed by atoms with E-state index in [2.05, 4.69) is 10.2 Å². The molecule has 0 aliphatic heterocycles. The number of H-pyrrole nitrogens is 1. The fourth-order valence-electron chi connectivity index (χ4n) is 2.20. The van der Waals surface area contributed by atoms with Crippen LogP contribution in [0.2, 0.25) is 0 Å². The molecule has 0 unspecified atom stereocenters. The summed E-state index contributed by atoms with van der Waals surface area (Å²) in [5.41, 5.74) is 5.41. The summed E-state index contributed by atoms with van der Waals surface area (Å²) in [4.78, 5) is 11.5. The molecule has 3 N–H and O–H groups in total. The average Bonchev–Trinajstić information content (AvgIpc) is 2.61. The second kappa shape index (κ2) is 3.96. The number of rotatable bonds is 2. The maximum Gasteiger partial charge on any atom is 0.343 e. The van der Waals surface area contributed by atoms with Crippen LogP contribution in [0.4, 0.5) is 0 Å². The number of nitrogens with one attached hydrogen (secondary N) is 1. The van der Waals surface area contributed by atoms with Crippen molar-refractivity contribution < 1.29 is 0 Å². The first-order valence-electron chi connectivity index (χ1n) is 5.19. The standard InChI is InChI=1S/C9H16N4O/c10-6-8-11-12-9(14)13(8)7-4-2-1-3-5-7/h7H,1-6,10H2,(H,12,14). The third-order valence-corrected chi connectivity index (χ3v) is 2.90. The minimum absolute atomic E-state index is 0.114. The predicted octanol–water partition coefficient (Wildman–Crippen LogP) is 0.535. The van der Waals surface area contributed by atoms with Crippen LogP contribution in [-0.4, -0.2) is 14.8 Å². The lowest BCUT2D eigenvalue weighted by molar-refractivity contribution is 0.339. The highest BCUT2D eigenvalue weighted by molar-refractivity contribution is 4.90. The Bertz CT molecular complexity index is 348. The Morgan fingerprint density at radius 3 is 2.79 bits per heavy atom. The summed E-state index contributed by atoms with van der Waals surface area (Å²) in [5.74, 6) is 0.682. The maximum atomic E-state index is 11.5. The molecule has 0 radical (unpaired) electrons. The molecule has 5 heteroatoms. The lowest BCUT2D eigenvalue weighted by Crippen LogP contribution is -2.26. The summed E-state index contributed by atoms with van der Waals surface area (Å²) in [6.07, 6.45) is 5.83. The summed E-state index contributed by atoms with van der Waals surface area (Å²) < 4.78 is 1.74. The molecular weight excluding hydrogens is 180 g/mol. The topological polar surface area (TPSA) is 76.7 Å². The lowest BCUT2D eigenvalue weighted by atomic mass is 9.95. The van der Waals surface area contributed by atoms with Crippen LogP contribution >= 0.6 is 0 Å². The zero-order valence-corrected chi connectivity index (χ0v) is 8.20. The van der Waals surface area contributed by atoms with Crippen molar-refractivity contribution in [3.05, 3.63) is 16.3 Å². The van der Waals surface area contributed by atoms with E-state index in [1.54, 1.807) is 4.57 Å². The maximum absolute atomic E-state index is 11.5. The van der Waals surface area contributed by atoms with Crippen molar-refractivity contribution in [1.82, 2.24) is 14.8 Å². The Morgan fingerprint density at radius 1 is 1.43 bits per heavy atom. The zero-order chi connectivity index (χ0) is 9.97. The molecule has 1 aromatic rings. The smallest absolute Gasteiger partial charge is 0.324 e. The van der Waals surface area contributed by atoms with Gasteiger partial charge in [0.2, 0.25) is 0 Å². The average molecular weight is 196 g/mol. The van der Waals surface area contributed by atoms with Crippen molar-refractivity contribution in [3.63, 3.8) is 0 Å². The molecule has 0 aromatic carbocycles. The van der Waals surface area contributed by atoms with Crippen molar-refractivity contribution in [2.24, 2.45) is 5.73 Å². The molecule has 14 heavy (non-hydrogen) atoms. The molecule has 2 rings (SSSR count). The van der Waals surface area contributed by atoms with E-state index < -0.39 is 0 Å². The normalized spacial score (nSPS) is 18.6. The Morgan fingerprint density at radius 2 is 2.14 bits per heavy atom.